The van der Waals surface area contributed by atoms with Gasteiger partial charge in [-0.15, -0.1) is 0 Å². The fourth-order valence-electron chi connectivity index (χ4n) is 2.58. The molecule has 4 rings (SSSR count). The highest BCUT2D eigenvalue weighted by Gasteiger charge is 2.43. The summed E-state index contributed by atoms with van der Waals surface area (Å²) in [7, 11) is 0. The van der Waals surface area contributed by atoms with Crippen LogP contribution in [-0.2, 0) is 4.74 Å². The predicted molar refractivity (Wildman–Crippen MR) is 88.2 cm³/mol. The Morgan fingerprint density at radius 2 is 1.86 bits per heavy atom. The topological polar surface area (TPSA) is 42.7 Å². The van der Waals surface area contributed by atoms with Gasteiger partial charge in [-0.3, -0.25) is 4.79 Å². The predicted octanol–water partition coefficient (Wildman–Crippen LogP) is 5.02. The van der Waals surface area contributed by atoms with E-state index in [9.17, 15) is 4.79 Å². The minimum absolute atomic E-state index is 0.0903. The smallest absolute Gasteiger partial charge is 0.198 e. The lowest BCUT2D eigenvalue weighted by Crippen LogP contribution is -2.08. The normalized spacial score (nSPS) is 20.3. The fourth-order valence-corrected chi connectivity index (χ4v) is 3.07. The molecule has 3 aromatic rings. The van der Waals surface area contributed by atoms with Crippen molar-refractivity contribution in [3.8, 4) is 0 Å². The summed E-state index contributed by atoms with van der Waals surface area (Å²) in [6, 6.07) is 13.2. The van der Waals surface area contributed by atoms with E-state index in [4.69, 9.17) is 20.8 Å². The van der Waals surface area contributed by atoms with Crippen molar-refractivity contribution in [3.05, 3.63) is 79.6 Å². The van der Waals surface area contributed by atoms with E-state index in [-0.39, 0.29) is 17.6 Å². The van der Waals surface area contributed by atoms with Crippen LogP contribution in [0.25, 0.3) is 11.0 Å². The van der Waals surface area contributed by atoms with Gasteiger partial charge in [0.15, 0.2) is 5.43 Å². The molecule has 1 aliphatic heterocycles. The zero-order valence-corrected chi connectivity index (χ0v) is 13.6. The van der Waals surface area contributed by atoms with E-state index in [1.807, 2.05) is 30.3 Å². The molecule has 1 aliphatic rings. The van der Waals surface area contributed by atoms with Crippen molar-refractivity contribution in [2.45, 2.75) is 12.2 Å². The van der Waals surface area contributed by atoms with Gasteiger partial charge in [-0.25, -0.2) is 0 Å². The van der Waals surface area contributed by atoms with Crippen LogP contribution < -0.4 is 5.43 Å². The largest absolute Gasteiger partial charge is 0.464 e. The van der Waals surface area contributed by atoms with E-state index in [0.717, 1.165) is 5.56 Å². The maximum atomic E-state index is 12.6. The van der Waals surface area contributed by atoms with Gasteiger partial charge in [-0.2, -0.15) is 0 Å². The molecule has 1 saturated heterocycles. The van der Waals surface area contributed by atoms with Gasteiger partial charge in [0.05, 0.1) is 16.0 Å². The molecule has 2 heterocycles. The zero-order chi connectivity index (χ0) is 15.3. The lowest BCUT2D eigenvalue weighted by atomic mass is 10.0. The molecule has 1 unspecified atom stereocenters. The molecule has 0 spiro atoms. The summed E-state index contributed by atoms with van der Waals surface area (Å²) >= 11 is 9.40. The molecule has 1 fully saturated rings. The first-order chi connectivity index (χ1) is 10.6. The summed E-state index contributed by atoms with van der Waals surface area (Å²) in [5.74, 6) is 0. The van der Waals surface area contributed by atoms with Crippen LogP contribution in [0.5, 0.6) is 0 Å². The Labute approximate surface area is 139 Å². The third kappa shape index (κ3) is 2.28. The Bertz CT molecular complexity index is 920. The van der Waals surface area contributed by atoms with Crippen molar-refractivity contribution in [1.29, 1.82) is 0 Å². The Balaban J connectivity index is 1.77. The lowest BCUT2D eigenvalue weighted by Gasteiger charge is -2.02. The second kappa shape index (κ2) is 5.23. The van der Waals surface area contributed by atoms with Gasteiger partial charge in [-0.1, -0.05) is 41.9 Å². The van der Waals surface area contributed by atoms with Gasteiger partial charge in [0.25, 0.3) is 0 Å². The molecule has 3 nitrogen and oxygen atoms in total. The Kier molecular flexibility index (Phi) is 3.33. The second-order valence-electron chi connectivity index (χ2n) is 5.17. The molecule has 22 heavy (non-hydrogen) atoms. The maximum Gasteiger partial charge on any atom is 0.198 e. The van der Waals surface area contributed by atoms with Crippen LogP contribution in [0.1, 0.15) is 23.3 Å². The Morgan fingerprint density at radius 1 is 1.09 bits per heavy atom. The van der Waals surface area contributed by atoms with Crippen LogP contribution in [0, 0.1) is 0 Å². The molecule has 0 aliphatic carbocycles. The number of hydrogen-bond acceptors (Lipinski definition) is 3. The first-order valence-electron chi connectivity index (χ1n) is 6.76. The minimum atomic E-state index is -0.259. The number of halogens is 2. The number of hydrogen-bond donors (Lipinski definition) is 0. The van der Waals surface area contributed by atoms with Crippen molar-refractivity contribution in [1.82, 2.24) is 0 Å². The molecule has 0 radical (unpaired) electrons. The third-order valence-electron chi connectivity index (χ3n) is 3.77. The van der Waals surface area contributed by atoms with E-state index < -0.39 is 0 Å². The van der Waals surface area contributed by atoms with Crippen molar-refractivity contribution in [2.75, 3.05) is 0 Å². The average Bonchev–Trinajstić information content (AvgIpc) is 3.31. The van der Waals surface area contributed by atoms with Crippen molar-refractivity contribution < 1.29 is 9.15 Å². The van der Waals surface area contributed by atoms with E-state index in [1.165, 1.54) is 6.26 Å². The fraction of sp³-hybridized carbons (Fsp3) is 0.118. The number of ether oxygens (including phenoxy) is 1. The molecule has 110 valence electrons. The monoisotopic (exact) mass is 376 g/mol. The molecule has 2 atom stereocenters. The Morgan fingerprint density at radius 3 is 2.64 bits per heavy atom. The summed E-state index contributed by atoms with van der Waals surface area (Å²) in [5.41, 5.74) is 1.99. The third-order valence-corrected chi connectivity index (χ3v) is 4.97. The highest BCUT2D eigenvalue weighted by Crippen LogP contribution is 2.50. The SMILES string of the molecule is O=c1c(C2O[C@@H]2c2ccccc2)coc2cc(Br)c(Cl)cc12. The number of epoxide rings is 1. The van der Waals surface area contributed by atoms with Crippen LogP contribution in [0.15, 0.2) is 62.4 Å². The van der Waals surface area contributed by atoms with E-state index >= 15 is 0 Å². The van der Waals surface area contributed by atoms with Crippen LogP contribution in [0.4, 0.5) is 0 Å². The molecule has 2 aromatic carbocycles. The van der Waals surface area contributed by atoms with Gasteiger partial charge in [-0.05, 0) is 33.6 Å². The van der Waals surface area contributed by atoms with Crippen LogP contribution >= 0.6 is 27.5 Å². The molecule has 0 bridgehead atoms. The maximum absolute atomic E-state index is 12.6. The highest BCUT2D eigenvalue weighted by atomic mass is 79.9. The summed E-state index contributed by atoms with van der Waals surface area (Å²) in [5, 5.41) is 0.946. The summed E-state index contributed by atoms with van der Waals surface area (Å²) in [6.45, 7) is 0. The van der Waals surface area contributed by atoms with Gasteiger partial charge in [0.2, 0.25) is 0 Å². The van der Waals surface area contributed by atoms with Gasteiger partial charge in [0.1, 0.15) is 24.1 Å². The molecule has 5 heteroatoms. The number of fused-ring (bicyclic) bond motifs is 1. The van der Waals surface area contributed by atoms with Gasteiger partial charge in [0, 0.05) is 4.47 Å². The van der Waals surface area contributed by atoms with Crippen LogP contribution in [0.3, 0.4) is 0 Å². The van der Waals surface area contributed by atoms with Gasteiger partial charge < -0.3 is 9.15 Å². The lowest BCUT2D eigenvalue weighted by molar-refractivity contribution is 0.374. The standard InChI is InChI=1S/C17H10BrClO3/c18-12-7-14-10(6-13(12)19)15(20)11(8-21-14)17-16(22-17)9-4-2-1-3-5-9/h1-8,16-17H/t16-,17?/m1/s1. The van der Waals surface area contributed by atoms with E-state index in [2.05, 4.69) is 15.9 Å². The summed E-state index contributed by atoms with van der Waals surface area (Å²) in [6.07, 6.45) is 1.14. The molecule has 1 aromatic heterocycles. The first-order valence-corrected chi connectivity index (χ1v) is 7.93. The molecule has 0 N–H and O–H groups in total. The first kappa shape index (κ1) is 14.0. The van der Waals surface area contributed by atoms with Crippen molar-refractivity contribution in [3.63, 3.8) is 0 Å². The highest BCUT2D eigenvalue weighted by molar-refractivity contribution is 9.10. The molecular formula is C17H10BrClO3. The van der Waals surface area contributed by atoms with Crippen LogP contribution in [-0.4, -0.2) is 0 Å². The van der Waals surface area contributed by atoms with Crippen molar-refractivity contribution >= 4 is 38.5 Å². The second-order valence-corrected chi connectivity index (χ2v) is 6.43. The number of benzene rings is 2. The molecular weight excluding hydrogens is 368 g/mol. The van der Waals surface area contributed by atoms with E-state index in [0.29, 0.717) is 26.0 Å². The van der Waals surface area contributed by atoms with Crippen LogP contribution in [0.2, 0.25) is 5.02 Å². The zero-order valence-electron chi connectivity index (χ0n) is 11.3. The van der Waals surface area contributed by atoms with Crippen molar-refractivity contribution in [2.24, 2.45) is 0 Å². The summed E-state index contributed by atoms with van der Waals surface area (Å²) < 4.78 is 11.9. The average molecular weight is 378 g/mol. The molecule has 0 saturated carbocycles. The molecule has 0 amide bonds. The summed E-state index contributed by atoms with van der Waals surface area (Å²) in [4.78, 5) is 12.6. The quantitative estimate of drug-likeness (QED) is 0.589. The number of rotatable bonds is 2. The van der Waals surface area contributed by atoms with E-state index in [1.54, 1.807) is 12.1 Å². The van der Waals surface area contributed by atoms with Gasteiger partial charge >= 0.3 is 0 Å². The Hall–Kier alpha value is -1.62. The minimum Gasteiger partial charge on any atom is -0.464 e.